The fourth-order valence-corrected chi connectivity index (χ4v) is 3.35. The number of aryl methyl sites for hydroxylation is 1. The summed E-state index contributed by atoms with van der Waals surface area (Å²) in [5, 5.41) is 10.5. The Morgan fingerprint density at radius 3 is 2.78 bits per heavy atom. The van der Waals surface area contributed by atoms with Crippen LogP contribution in [0.1, 0.15) is 24.0 Å². The predicted molar refractivity (Wildman–Crippen MR) is 103 cm³/mol. The predicted octanol–water partition coefficient (Wildman–Crippen LogP) is 3.56. The second-order valence-corrected chi connectivity index (χ2v) is 7.24. The van der Waals surface area contributed by atoms with Crippen LogP contribution in [0, 0.1) is 12.7 Å². The Bertz CT molecular complexity index is 701. The molecule has 0 amide bonds. The molecule has 27 heavy (non-hydrogen) atoms. The largest absolute Gasteiger partial charge is 0.491 e. The van der Waals surface area contributed by atoms with Crippen LogP contribution in [-0.4, -0.2) is 48.5 Å². The smallest absolute Gasteiger partial charge is 0.123 e. The van der Waals surface area contributed by atoms with E-state index in [9.17, 15) is 9.50 Å². The normalized spacial score (nSPS) is 18.0. The molecule has 1 heterocycles. The van der Waals surface area contributed by atoms with Crippen molar-refractivity contribution in [3.63, 3.8) is 0 Å². The van der Waals surface area contributed by atoms with Gasteiger partial charge in [-0.25, -0.2) is 4.39 Å². The van der Waals surface area contributed by atoms with Crippen LogP contribution in [0.5, 0.6) is 5.75 Å². The van der Waals surface area contributed by atoms with Gasteiger partial charge in [0.05, 0.1) is 6.10 Å². The first kappa shape index (κ1) is 19.8. The number of nitrogens with zero attached hydrogens (tertiary/aromatic N) is 1. The van der Waals surface area contributed by atoms with Gasteiger partial charge in [0, 0.05) is 26.2 Å². The van der Waals surface area contributed by atoms with Crippen molar-refractivity contribution in [3.8, 4) is 5.75 Å². The average Bonchev–Trinajstić information content (AvgIpc) is 3.14. The van der Waals surface area contributed by atoms with Gasteiger partial charge >= 0.3 is 0 Å². The van der Waals surface area contributed by atoms with E-state index >= 15 is 0 Å². The fourth-order valence-electron chi connectivity index (χ4n) is 3.35. The topological polar surface area (TPSA) is 41.9 Å². The number of hydrogen-bond donors (Lipinski definition) is 1. The van der Waals surface area contributed by atoms with Crippen molar-refractivity contribution < 1.29 is 19.0 Å². The van der Waals surface area contributed by atoms with Crippen molar-refractivity contribution in [2.75, 3.05) is 26.3 Å². The van der Waals surface area contributed by atoms with Crippen LogP contribution in [-0.2, 0) is 11.3 Å². The van der Waals surface area contributed by atoms with Crippen molar-refractivity contribution in [1.29, 1.82) is 0 Å². The zero-order valence-electron chi connectivity index (χ0n) is 15.8. The zero-order chi connectivity index (χ0) is 19.1. The minimum absolute atomic E-state index is 0.170. The lowest BCUT2D eigenvalue weighted by molar-refractivity contribution is 0.0313. The van der Waals surface area contributed by atoms with Crippen LogP contribution < -0.4 is 4.74 Å². The Morgan fingerprint density at radius 1 is 1.26 bits per heavy atom. The number of aliphatic hydroxyl groups is 1. The van der Waals surface area contributed by atoms with Crippen molar-refractivity contribution in [1.82, 2.24) is 4.90 Å². The van der Waals surface area contributed by atoms with Crippen molar-refractivity contribution in [2.45, 2.75) is 38.5 Å². The Labute approximate surface area is 160 Å². The summed E-state index contributed by atoms with van der Waals surface area (Å²) in [5.74, 6) is 0.503. The molecule has 0 saturated carbocycles. The quantitative estimate of drug-likeness (QED) is 0.730. The standard InChI is InChI=1S/C22H28FNO3/c1-17-7-9-21(10-8-17)27-16-20(25)14-24(15-22-6-3-11-26-22)13-18-4-2-5-19(23)12-18/h2,4-5,7-10,12,20,22,25H,3,6,11,13-16H2,1H3. The number of aliphatic hydroxyl groups excluding tert-OH is 1. The summed E-state index contributed by atoms with van der Waals surface area (Å²) < 4.78 is 24.9. The van der Waals surface area contributed by atoms with Crippen LogP contribution in [0.4, 0.5) is 4.39 Å². The lowest BCUT2D eigenvalue weighted by atomic mass is 10.1. The number of hydrogen-bond acceptors (Lipinski definition) is 4. The Morgan fingerprint density at radius 2 is 2.07 bits per heavy atom. The molecule has 2 aromatic rings. The molecule has 2 atom stereocenters. The maximum atomic E-state index is 13.5. The van der Waals surface area contributed by atoms with Gasteiger partial charge in [-0.1, -0.05) is 29.8 Å². The molecule has 2 aromatic carbocycles. The van der Waals surface area contributed by atoms with Crippen LogP contribution in [0.25, 0.3) is 0 Å². The van der Waals surface area contributed by atoms with E-state index in [2.05, 4.69) is 4.90 Å². The summed E-state index contributed by atoms with van der Waals surface area (Å²) in [4.78, 5) is 2.12. The van der Waals surface area contributed by atoms with Crippen molar-refractivity contribution in [3.05, 3.63) is 65.5 Å². The SMILES string of the molecule is Cc1ccc(OCC(O)CN(Cc2cccc(F)c2)CC2CCCO2)cc1. The molecule has 1 N–H and O–H groups in total. The molecule has 1 aliphatic heterocycles. The first-order chi connectivity index (χ1) is 13.1. The summed E-state index contributed by atoms with van der Waals surface area (Å²) in [6.07, 6.45) is 1.62. The van der Waals surface area contributed by atoms with E-state index < -0.39 is 6.10 Å². The van der Waals surface area contributed by atoms with E-state index in [0.717, 1.165) is 37.3 Å². The maximum absolute atomic E-state index is 13.5. The summed E-state index contributed by atoms with van der Waals surface area (Å²) in [7, 11) is 0. The van der Waals surface area contributed by atoms with Gasteiger partial charge in [-0.3, -0.25) is 4.90 Å². The molecule has 0 radical (unpaired) electrons. The molecule has 2 unspecified atom stereocenters. The monoisotopic (exact) mass is 373 g/mol. The van der Waals surface area contributed by atoms with Crippen molar-refractivity contribution in [2.24, 2.45) is 0 Å². The third-order valence-electron chi connectivity index (χ3n) is 4.71. The highest BCUT2D eigenvalue weighted by atomic mass is 19.1. The van der Waals surface area contributed by atoms with E-state index in [1.807, 2.05) is 37.3 Å². The van der Waals surface area contributed by atoms with Gasteiger partial charge in [-0.15, -0.1) is 0 Å². The molecular weight excluding hydrogens is 345 g/mol. The molecule has 0 aliphatic carbocycles. The van der Waals surface area contributed by atoms with Gasteiger partial charge in [0.2, 0.25) is 0 Å². The molecule has 3 rings (SSSR count). The lowest BCUT2D eigenvalue weighted by Gasteiger charge is -2.27. The molecule has 0 aromatic heterocycles. The highest BCUT2D eigenvalue weighted by Crippen LogP contribution is 2.17. The minimum Gasteiger partial charge on any atom is -0.491 e. The van der Waals surface area contributed by atoms with Crippen LogP contribution in [0.3, 0.4) is 0 Å². The summed E-state index contributed by atoms with van der Waals surface area (Å²) in [6, 6.07) is 14.4. The van der Waals surface area contributed by atoms with E-state index in [4.69, 9.17) is 9.47 Å². The molecule has 4 nitrogen and oxygen atoms in total. The lowest BCUT2D eigenvalue weighted by Crippen LogP contribution is -2.39. The van der Waals surface area contributed by atoms with E-state index in [-0.39, 0.29) is 18.5 Å². The third-order valence-corrected chi connectivity index (χ3v) is 4.71. The molecule has 146 valence electrons. The number of benzene rings is 2. The highest BCUT2D eigenvalue weighted by molar-refractivity contribution is 5.26. The van der Waals surface area contributed by atoms with E-state index in [1.54, 1.807) is 6.07 Å². The first-order valence-corrected chi connectivity index (χ1v) is 9.54. The van der Waals surface area contributed by atoms with Gasteiger partial charge in [0.15, 0.2) is 0 Å². The molecular formula is C22H28FNO3. The van der Waals surface area contributed by atoms with Gasteiger partial charge in [0.1, 0.15) is 24.3 Å². The maximum Gasteiger partial charge on any atom is 0.123 e. The molecule has 1 saturated heterocycles. The van der Waals surface area contributed by atoms with Crippen LogP contribution in [0.2, 0.25) is 0 Å². The fraction of sp³-hybridized carbons (Fsp3) is 0.455. The Hall–Kier alpha value is -1.95. The molecule has 0 bridgehead atoms. The van der Waals surface area contributed by atoms with Gasteiger partial charge < -0.3 is 14.6 Å². The number of rotatable bonds is 9. The molecule has 5 heteroatoms. The molecule has 0 spiro atoms. The third kappa shape index (κ3) is 6.61. The second-order valence-electron chi connectivity index (χ2n) is 7.24. The van der Waals surface area contributed by atoms with Gasteiger partial charge in [-0.2, -0.15) is 0 Å². The van der Waals surface area contributed by atoms with Gasteiger partial charge in [-0.05, 0) is 49.6 Å². The zero-order valence-corrected chi connectivity index (χ0v) is 15.8. The van der Waals surface area contributed by atoms with E-state index in [1.165, 1.54) is 17.7 Å². The average molecular weight is 373 g/mol. The number of halogens is 1. The summed E-state index contributed by atoms with van der Waals surface area (Å²) in [6.45, 7) is 4.76. The summed E-state index contributed by atoms with van der Waals surface area (Å²) >= 11 is 0. The summed E-state index contributed by atoms with van der Waals surface area (Å²) in [5.41, 5.74) is 2.06. The minimum atomic E-state index is -0.638. The van der Waals surface area contributed by atoms with Crippen molar-refractivity contribution >= 4 is 0 Å². The van der Waals surface area contributed by atoms with Crippen LogP contribution in [0.15, 0.2) is 48.5 Å². The van der Waals surface area contributed by atoms with E-state index in [0.29, 0.717) is 13.1 Å². The highest BCUT2D eigenvalue weighted by Gasteiger charge is 2.21. The first-order valence-electron chi connectivity index (χ1n) is 9.54. The second kappa shape index (κ2) is 9.83. The van der Waals surface area contributed by atoms with Crippen LogP contribution >= 0.6 is 0 Å². The Kier molecular flexibility index (Phi) is 7.21. The molecule has 1 aliphatic rings. The Balaban J connectivity index is 1.56. The molecule has 1 fully saturated rings. The number of ether oxygens (including phenoxy) is 2. The van der Waals surface area contributed by atoms with Gasteiger partial charge in [0.25, 0.3) is 0 Å².